The summed E-state index contributed by atoms with van der Waals surface area (Å²) in [7, 11) is 0. The van der Waals surface area contributed by atoms with Crippen LogP contribution in [0, 0.1) is 0 Å². The van der Waals surface area contributed by atoms with Gasteiger partial charge in [0.25, 0.3) is 5.91 Å². The molecule has 1 atom stereocenters. The Morgan fingerprint density at radius 3 is 2.87 bits per heavy atom. The van der Waals surface area contributed by atoms with Crippen molar-refractivity contribution in [1.29, 1.82) is 0 Å². The molecule has 0 aliphatic carbocycles. The standard InChI is InChI=1S/C14H15N3O5S/c1-3-22-13(20)10-7-23-14(16-10)17-11(18)8(2)15-12(19)9-4-5-21-6-9/h4-8H,3H2,1-2H3,(H,15,19)(H,16,17,18). The van der Waals surface area contributed by atoms with Crippen molar-refractivity contribution in [2.45, 2.75) is 19.9 Å². The van der Waals surface area contributed by atoms with E-state index < -0.39 is 23.8 Å². The fourth-order valence-electron chi connectivity index (χ4n) is 1.58. The number of hydrogen-bond donors (Lipinski definition) is 2. The van der Waals surface area contributed by atoms with Gasteiger partial charge in [0.05, 0.1) is 18.4 Å². The maximum absolute atomic E-state index is 12.0. The van der Waals surface area contributed by atoms with Gasteiger partial charge in [-0.2, -0.15) is 0 Å². The molecule has 0 fully saturated rings. The average molecular weight is 337 g/mol. The number of nitrogens with one attached hydrogen (secondary N) is 2. The third-order valence-corrected chi connectivity index (χ3v) is 3.50. The summed E-state index contributed by atoms with van der Waals surface area (Å²) in [5, 5.41) is 6.80. The summed E-state index contributed by atoms with van der Waals surface area (Å²) in [5.41, 5.74) is 0.450. The molecule has 1 unspecified atom stereocenters. The first-order chi connectivity index (χ1) is 11.0. The van der Waals surface area contributed by atoms with Crippen LogP contribution in [-0.4, -0.2) is 35.4 Å². The van der Waals surface area contributed by atoms with Crippen molar-refractivity contribution in [3.8, 4) is 0 Å². The highest BCUT2D eigenvalue weighted by atomic mass is 32.1. The highest BCUT2D eigenvalue weighted by Gasteiger charge is 2.19. The quantitative estimate of drug-likeness (QED) is 0.776. The number of nitrogens with zero attached hydrogens (tertiary/aromatic N) is 1. The normalized spacial score (nSPS) is 11.6. The van der Waals surface area contributed by atoms with Crippen molar-refractivity contribution in [2.75, 3.05) is 11.9 Å². The molecule has 0 saturated heterocycles. The fourth-order valence-corrected chi connectivity index (χ4v) is 2.27. The lowest BCUT2D eigenvalue weighted by atomic mass is 10.2. The summed E-state index contributed by atoms with van der Waals surface area (Å²) in [6.07, 6.45) is 2.65. The van der Waals surface area contributed by atoms with Crippen LogP contribution in [0.5, 0.6) is 0 Å². The van der Waals surface area contributed by atoms with Gasteiger partial charge in [-0.3, -0.25) is 9.59 Å². The van der Waals surface area contributed by atoms with E-state index in [2.05, 4.69) is 15.6 Å². The Labute approximate surface area is 135 Å². The topological polar surface area (TPSA) is 111 Å². The zero-order chi connectivity index (χ0) is 16.8. The average Bonchev–Trinajstić information content (AvgIpc) is 3.18. The third-order valence-electron chi connectivity index (χ3n) is 2.74. The van der Waals surface area contributed by atoms with E-state index in [1.165, 1.54) is 30.9 Å². The molecule has 0 saturated carbocycles. The summed E-state index contributed by atoms with van der Waals surface area (Å²) < 4.78 is 9.62. The van der Waals surface area contributed by atoms with Gasteiger partial charge in [-0.25, -0.2) is 9.78 Å². The van der Waals surface area contributed by atoms with Gasteiger partial charge in [-0.05, 0) is 19.9 Å². The molecule has 8 nitrogen and oxygen atoms in total. The summed E-state index contributed by atoms with van der Waals surface area (Å²) in [6, 6.07) is 0.708. The number of carbonyl (C=O) groups is 3. The highest BCUT2D eigenvalue weighted by Crippen LogP contribution is 2.16. The monoisotopic (exact) mass is 337 g/mol. The lowest BCUT2D eigenvalue weighted by molar-refractivity contribution is -0.117. The predicted octanol–water partition coefficient (Wildman–Crippen LogP) is 1.67. The number of esters is 1. The number of furan rings is 1. The molecule has 0 spiro atoms. The Bertz CT molecular complexity index is 695. The molecule has 0 aliphatic heterocycles. The number of hydrogen-bond acceptors (Lipinski definition) is 7. The van der Waals surface area contributed by atoms with Gasteiger partial charge in [0, 0.05) is 5.38 Å². The van der Waals surface area contributed by atoms with Gasteiger partial charge in [0.15, 0.2) is 10.8 Å². The molecule has 0 aliphatic rings. The first kappa shape index (κ1) is 16.7. The van der Waals surface area contributed by atoms with Crippen molar-refractivity contribution in [3.05, 3.63) is 35.2 Å². The van der Waals surface area contributed by atoms with E-state index in [-0.39, 0.29) is 17.4 Å². The highest BCUT2D eigenvalue weighted by molar-refractivity contribution is 7.14. The Hall–Kier alpha value is -2.68. The lowest BCUT2D eigenvalue weighted by Gasteiger charge is -2.12. The van der Waals surface area contributed by atoms with Crippen LogP contribution in [0.15, 0.2) is 28.4 Å². The summed E-state index contributed by atoms with van der Waals surface area (Å²) in [5.74, 6) is -1.43. The molecule has 2 aromatic rings. The van der Waals surface area contributed by atoms with Crippen LogP contribution in [0.25, 0.3) is 0 Å². The Morgan fingerprint density at radius 1 is 1.43 bits per heavy atom. The largest absolute Gasteiger partial charge is 0.472 e. The van der Waals surface area contributed by atoms with Crippen molar-refractivity contribution < 1.29 is 23.5 Å². The third kappa shape index (κ3) is 4.39. The molecule has 2 heterocycles. The van der Waals surface area contributed by atoms with E-state index in [1.54, 1.807) is 6.92 Å². The second kappa shape index (κ2) is 7.54. The van der Waals surface area contributed by atoms with Gasteiger partial charge in [0.2, 0.25) is 5.91 Å². The molecule has 0 bridgehead atoms. The molecule has 9 heteroatoms. The van der Waals surface area contributed by atoms with Crippen molar-refractivity contribution in [2.24, 2.45) is 0 Å². The number of anilines is 1. The molecule has 122 valence electrons. The SMILES string of the molecule is CCOC(=O)c1csc(NC(=O)C(C)NC(=O)c2ccoc2)n1. The Morgan fingerprint density at radius 2 is 2.22 bits per heavy atom. The smallest absolute Gasteiger partial charge is 0.357 e. The number of ether oxygens (including phenoxy) is 1. The van der Waals surface area contributed by atoms with Gasteiger partial charge in [-0.15, -0.1) is 11.3 Å². The summed E-state index contributed by atoms with van der Waals surface area (Å²) in [4.78, 5) is 39.3. The molecule has 23 heavy (non-hydrogen) atoms. The summed E-state index contributed by atoms with van der Waals surface area (Å²) in [6.45, 7) is 3.47. The molecular formula is C14H15N3O5S. The molecule has 0 radical (unpaired) electrons. The zero-order valence-electron chi connectivity index (χ0n) is 12.5. The number of rotatable bonds is 6. The lowest BCUT2D eigenvalue weighted by Crippen LogP contribution is -2.41. The number of amides is 2. The Balaban J connectivity index is 1.91. The zero-order valence-corrected chi connectivity index (χ0v) is 13.3. The second-order valence-corrected chi connectivity index (χ2v) is 5.31. The van der Waals surface area contributed by atoms with E-state index >= 15 is 0 Å². The van der Waals surface area contributed by atoms with Crippen molar-refractivity contribution in [1.82, 2.24) is 10.3 Å². The van der Waals surface area contributed by atoms with Crippen molar-refractivity contribution in [3.63, 3.8) is 0 Å². The maximum atomic E-state index is 12.0. The van der Waals surface area contributed by atoms with Crippen molar-refractivity contribution >= 4 is 34.3 Å². The van der Waals surface area contributed by atoms with Crippen LogP contribution in [0.4, 0.5) is 5.13 Å². The van der Waals surface area contributed by atoms with E-state index in [9.17, 15) is 14.4 Å². The first-order valence-electron chi connectivity index (χ1n) is 6.77. The number of thiazole rings is 1. The van der Waals surface area contributed by atoms with Gasteiger partial charge >= 0.3 is 5.97 Å². The molecular weight excluding hydrogens is 322 g/mol. The molecule has 2 aromatic heterocycles. The van der Waals surface area contributed by atoms with Crippen LogP contribution >= 0.6 is 11.3 Å². The summed E-state index contributed by atoms with van der Waals surface area (Å²) >= 11 is 1.09. The molecule has 0 aromatic carbocycles. The van der Waals surface area contributed by atoms with Gasteiger partial charge in [-0.1, -0.05) is 0 Å². The Kier molecular flexibility index (Phi) is 5.47. The van der Waals surface area contributed by atoms with Gasteiger partial charge in [0.1, 0.15) is 12.3 Å². The second-order valence-electron chi connectivity index (χ2n) is 4.45. The van der Waals surface area contributed by atoms with Crippen LogP contribution in [-0.2, 0) is 9.53 Å². The minimum atomic E-state index is -0.785. The minimum absolute atomic E-state index is 0.127. The van der Waals surface area contributed by atoms with E-state index in [1.807, 2.05) is 0 Å². The predicted molar refractivity (Wildman–Crippen MR) is 82.3 cm³/mol. The molecule has 2 amide bonds. The fraction of sp³-hybridized carbons (Fsp3) is 0.286. The maximum Gasteiger partial charge on any atom is 0.357 e. The van der Waals surface area contributed by atoms with Crippen LogP contribution < -0.4 is 10.6 Å². The molecule has 2 rings (SSSR count). The minimum Gasteiger partial charge on any atom is -0.472 e. The van der Waals surface area contributed by atoms with E-state index in [4.69, 9.17) is 9.15 Å². The van der Waals surface area contributed by atoms with Crippen LogP contribution in [0.3, 0.4) is 0 Å². The first-order valence-corrected chi connectivity index (χ1v) is 7.65. The molecule has 2 N–H and O–H groups in total. The van der Waals surface area contributed by atoms with E-state index in [0.717, 1.165) is 11.3 Å². The van der Waals surface area contributed by atoms with Crippen LogP contribution in [0.2, 0.25) is 0 Å². The number of aromatic nitrogens is 1. The van der Waals surface area contributed by atoms with Crippen LogP contribution in [0.1, 0.15) is 34.7 Å². The van der Waals surface area contributed by atoms with E-state index in [0.29, 0.717) is 5.56 Å². The van der Waals surface area contributed by atoms with Gasteiger partial charge < -0.3 is 19.8 Å². The number of carbonyl (C=O) groups excluding carboxylic acids is 3.